The zero-order chi connectivity index (χ0) is 41.2. The summed E-state index contributed by atoms with van der Waals surface area (Å²) >= 11 is 0. The van der Waals surface area contributed by atoms with E-state index in [-0.39, 0.29) is 31.1 Å². The van der Waals surface area contributed by atoms with Gasteiger partial charge in [-0.1, -0.05) is 234 Å². The second-order valence-electron chi connectivity index (χ2n) is 17.8. The molecule has 0 saturated heterocycles. The molecular weight excluding hydrogens is 697 g/mol. The highest BCUT2D eigenvalue weighted by atomic mass is 16.6. The number of carbonyl (C=O) groups is 3. The Bertz CT molecular complexity index is 856. The summed E-state index contributed by atoms with van der Waals surface area (Å²) in [6.45, 7) is 11.4. The molecule has 0 aromatic heterocycles. The molecule has 0 N–H and O–H groups in total. The van der Waals surface area contributed by atoms with E-state index in [4.69, 9.17) is 14.2 Å². The minimum absolute atomic E-state index is 0.0645. The standard InChI is InChI=1S/C50H96O6/c1-6-8-9-10-11-18-25-30-35-40-48(51)54-43-47(44-55-49(52)41-36-31-26-22-21-24-29-34-39-46(5)7-2)56-50(53)42-37-32-27-20-17-15-13-12-14-16-19-23-28-33-38-45(3)4/h45-47H,6-44H2,1-5H3/t46?,47-/m1/s1. The van der Waals surface area contributed by atoms with Crippen molar-refractivity contribution in [2.24, 2.45) is 11.8 Å². The molecule has 1 unspecified atom stereocenters. The third kappa shape index (κ3) is 42.0. The summed E-state index contributed by atoms with van der Waals surface area (Å²) < 4.78 is 16.7. The van der Waals surface area contributed by atoms with Gasteiger partial charge in [0, 0.05) is 19.3 Å². The van der Waals surface area contributed by atoms with Crippen LogP contribution < -0.4 is 0 Å². The van der Waals surface area contributed by atoms with Gasteiger partial charge in [-0.15, -0.1) is 0 Å². The maximum absolute atomic E-state index is 12.8. The smallest absolute Gasteiger partial charge is 0.306 e. The lowest BCUT2D eigenvalue weighted by Crippen LogP contribution is -2.30. The van der Waals surface area contributed by atoms with Crippen LogP contribution in [0.25, 0.3) is 0 Å². The highest BCUT2D eigenvalue weighted by Crippen LogP contribution is 2.17. The summed E-state index contributed by atoms with van der Waals surface area (Å²) in [6, 6.07) is 0. The molecule has 332 valence electrons. The molecule has 0 bridgehead atoms. The molecular formula is C50H96O6. The first-order valence-corrected chi connectivity index (χ1v) is 24.8. The average Bonchev–Trinajstić information content (AvgIpc) is 3.18. The Hall–Kier alpha value is -1.59. The molecule has 0 aromatic rings. The topological polar surface area (TPSA) is 78.9 Å². The van der Waals surface area contributed by atoms with Crippen molar-refractivity contribution in [2.75, 3.05) is 13.2 Å². The molecule has 0 aromatic carbocycles. The van der Waals surface area contributed by atoms with Crippen LogP contribution in [0.4, 0.5) is 0 Å². The van der Waals surface area contributed by atoms with E-state index >= 15 is 0 Å². The van der Waals surface area contributed by atoms with Gasteiger partial charge in [-0.2, -0.15) is 0 Å². The molecule has 0 spiro atoms. The van der Waals surface area contributed by atoms with Crippen molar-refractivity contribution in [1.82, 2.24) is 0 Å². The van der Waals surface area contributed by atoms with Crippen LogP contribution in [0.1, 0.15) is 272 Å². The fraction of sp³-hybridized carbons (Fsp3) is 0.940. The molecule has 0 fully saturated rings. The Morgan fingerprint density at radius 1 is 0.375 bits per heavy atom. The Kier molecular flexibility index (Phi) is 41.8. The van der Waals surface area contributed by atoms with Crippen LogP contribution >= 0.6 is 0 Å². The molecule has 0 aliphatic rings. The number of rotatable bonds is 44. The van der Waals surface area contributed by atoms with Gasteiger partial charge in [-0.25, -0.2) is 0 Å². The predicted molar refractivity (Wildman–Crippen MR) is 238 cm³/mol. The Labute approximate surface area is 348 Å². The zero-order valence-electron chi connectivity index (χ0n) is 38.3. The van der Waals surface area contributed by atoms with E-state index < -0.39 is 6.10 Å². The normalized spacial score (nSPS) is 12.5. The van der Waals surface area contributed by atoms with E-state index in [1.165, 1.54) is 161 Å². The van der Waals surface area contributed by atoms with Crippen molar-refractivity contribution >= 4 is 17.9 Å². The molecule has 0 aliphatic heterocycles. The highest BCUT2D eigenvalue weighted by molar-refractivity contribution is 5.71. The Morgan fingerprint density at radius 3 is 1.02 bits per heavy atom. The molecule has 0 aliphatic carbocycles. The molecule has 0 heterocycles. The van der Waals surface area contributed by atoms with Crippen molar-refractivity contribution in [3.8, 4) is 0 Å². The quantitative estimate of drug-likeness (QED) is 0.0347. The van der Waals surface area contributed by atoms with E-state index in [9.17, 15) is 14.4 Å². The number of hydrogen-bond donors (Lipinski definition) is 0. The van der Waals surface area contributed by atoms with Crippen LogP contribution in [0.3, 0.4) is 0 Å². The van der Waals surface area contributed by atoms with Crippen molar-refractivity contribution in [3.63, 3.8) is 0 Å². The van der Waals surface area contributed by atoms with E-state index in [2.05, 4.69) is 34.6 Å². The van der Waals surface area contributed by atoms with E-state index in [0.717, 1.165) is 69.6 Å². The fourth-order valence-electron chi connectivity index (χ4n) is 7.43. The Balaban J connectivity index is 4.28. The molecule has 0 saturated carbocycles. The average molecular weight is 793 g/mol. The molecule has 0 radical (unpaired) electrons. The van der Waals surface area contributed by atoms with Gasteiger partial charge in [0.15, 0.2) is 6.10 Å². The molecule has 6 heteroatoms. The summed E-state index contributed by atoms with van der Waals surface area (Å²) in [5.74, 6) is 0.837. The van der Waals surface area contributed by atoms with Crippen molar-refractivity contribution < 1.29 is 28.6 Å². The zero-order valence-corrected chi connectivity index (χ0v) is 38.3. The monoisotopic (exact) mass is 793 g/mol. The molecule has 0 amide bonds. The molecule has 0 rings (SSSR count). The first kappa shape index (κ1) is 54.4. The number of hydrogen-bond acceptors (Lipinski definition) is 6. The second kappa shape index (κ2) is 43.0. The van der Waals surface area contributed by atoms with Gasteiger partial charge in [-0.05, 0) is 31.1 Å². The number of unbranched alkanes of at least 4 members (excludes halogenated alkanes) is 28. The van der Waals surface area contributed by atoms with Crippen molar-refractivity contribution in [3.05, 3.63) is 0 Å². The number of esters is 3. The van der Waals surface area contributed by atoms with E-state index in [1.807, 2.05) is 0 Å². The summed E-state index contributed by atoms with van der Waals surface area (Å²) in [7, 11) is 0. The van der Waals surface area contributed by atoms with Gasteiger partial charge < -0.3 is 14.2 Å². The number of carbonyl (C=O) groups excluding carboxylic acids is 3. The fourth-order valence-corrected chi connectivity index (χ4v) is 7.43. The van der Waals surface area contributed by atoms with E-state index in [0.29, 0.717) is 19.3 Å². The molecule has 2 atom stereocenters. The van der Waals surface area contributed by atoms with Gasteiger partial charge in [0.05, 0.1) is 0 Å². The molecule has 56 heavy (non-hydrogen) atoms. The maximum atomic E-state index is 12.8. The third-order valence-corrected chi connectivity index (χ3v) is 11.6. The highest BCUT2D eigenvalue weighted by Gasteiger charge is 2.19. The van der Waals surface area contributed by atoms with Gasteiger partial charge >= 0.3 is 17.9 Å². The third-order valence-electron chi connectivity index (χ3n) is 11.6. The minimum Gasteiger partial charge on any atom is -0.462 e. The van der Waals surface area contributed by atoms with Gasteiger partial charge in [0.25, 0.3) is 0 Å². The molecule has 6 nitrogen and oxygen atoms in total. The largest absolute Gasteiger partial charge is 0.462 e. The Morgan fingerprint density at radius 2 is 0.679 bits per heavy atom. The van der Waals surface area contributed by atoms with Gasteiger partial charge in [-0.3, -0.25) is 14.4 Å². The second-order valence-corrected chi connectivity index (χ2v) is 17.8. The van der Waals surface area contributed by atoms with Crippen molar-refractivity contribution in [2.45, 2.75) is 278 Å². The van der Waals surface area contributed by atoms with Crippen LogP contribution in [-0.2, 0) is 28.6 Å². The lowest BCUT2D eigenvalue weighted by Gasteiger charge is -2.18. The summed E-state index contributed by atoms with van der Waals surface area (Å²) in [5, 5.41) is 0. The lowest BCUT2D eigenvalue weighted by molar-refractivity contribution is -0.167. The summed E-state index contributed by atoms with van der Waals surface area (Å²) in [4.78, 5) is 37.8. The van der Waals surface area contributed by atoms with Crippen LogP contribution in [0.2, 0.25) is 0 Å². The summed E-state index contributed by atoms with van der Waals surface area (Å²) in [6.07, 6.45) is 42.3. The van der Waals surface area contributed by atoms with Gasteiger partial charge in [0.1, 0.15) is 13.2 Å². The van der Waals surface area contributed by atoms with Crippen LogP contribution in [0, 0.1) is 11.8 Å². The van der Waals surface area contributed by atoms with Gasteiger partial charge in [0.2, 0.25) is 0 Å². The SMILES string of the molecule is CCCCCCCCCCCC(=O)OC[C@H](COC(=O)CCCCCCCCCCC(C)CC)OC(=O)CCCCCCCCCCCCCCCCC(C)C. The number of ether oxygens (including phenoxy) is 3. The van der Waals surface area contributed by atoms with E-state index in [1.54, 1.807) is 0 Å². The first-order chi connectivity index (χ1) is 27.3. The lowest BCUT2D eigenvalue weighted by atomic mass is 9.99. The van der Waals surface area contributed by atoms with Crippen LogP contribution in [-0.4, -0.2) is 37.2 Å². The summed E-state index contributed by atoms with van der Waals surface area (Å²) in [5.41, 5.74) is 0. The van der Waals surface area contributed by atoms with Crippen molar-refractivity contribution in [1.29, 1.82) is 0 Å². The maximum Gasteiger partial charge on any atom is 0.306 e. The van der Waals surface area contributed by atoms with Crippen LogP contribution in [0.15, 0.2) is 0 Å². The minimum atomic E-state index is -0.760. The first-order valence-electron chi connectivity index (χ1n) is 24.8. The predicted octanol–water partition coefficient (Wildman–Crippen LogP) is 15.8. The van der Waals surface area contributed by atoms with Crippen LogP contribution in [0.5, 0.6) is 0 Å².